The fourth-order valence-electron chi connectivity index (χ4n) is 2.73. The van der Waals surface area contributed by atoms with E-state index in [1.165, 1.54) is 6.07 Å². The van der Waals surface area contributed by atoms with Gasteiger partial charge in [-0.15, -0.1) is 0 Å². The first-order chi connectivity index (χ1) is 9.48. The highest BCUT2D eigenvalue weighted by molar-refractivity contribution is 7.91. The summed E-state index contributed by atoms with van der Waals surface area (Å²) in [6, 6.07) is 1.18. The summed E-state index contributed by atoms with van der Waals surface area (Å²) < 4.78 is 33.9. The Morgan fingerprint density at radius 1 is 1.45 bits per heavy atom. The molecule has 1 saturated heterocycles. The average molecular weight is 302 g/mol. The zero-order chi connectivity index (χ0) is 14.3. The highest BCUT2D eigenvalue weighted by Crippen LogP contribution is 2.18. The number of sulfone groups is 1. The molecule has 2 aliphatic rings. The second-order valence-corrected chi connectivity index (χ2v) is 7.44. The van der Waals surface area contributed by atoms with Crippen LogP contribution in [0.5, 0.6) is 5.75 Å². The van der Waals surface area contributed by atoms with Crippen LogP contribution >= 0.6 is 0 Å². The smallest absolute Gasteiger partial charge is 0.227 e. The zero-order valence-corrected chi connectivity index (χ0v) is 11.6. The maximum absolute atomic E-state index is 11.8. The molecule has 2 aliphatic heterocycles. The first kappa shape index (κ1) is 13.6. The van der Waals surface area contributed by atoms with Gasteiger partial charge in [-0.05, 0) is 0 Å². The second kappa shape index (κ2) is 4.87. The van der Waals surface area contributed by atoms with Crippen molar-refractivity contribution in [2.45, 2.75) is 25.6 Å². The van der Waals surface area contributed by atoms with Gasteiger partial charge in [0.1, 0.15) is 30.7 Å². The van der Waals surface area contributed by atoms with Crippen molar-refractivity contribution in [1.29, 1.82) is 0 Å². The molecule has 20 heavy (non-hydrogen) atoms. The molecule has 110 valence electrons. The van der Waals surface area contributed by atoms with Crippen molar-refractivity contribution in [3.8, 4) is 5.75 Å². The molecule has 8 heteroatoms. The number of aliphatic hydroxyl groups is 1. The molecule has 0 aromatic carbocycles. The fraction of sp³-hybridized carbons (Fsp3) is 0.583. The Hall–Kier alpha value is -1.38. The van der Waals surface area contributed by atoms with Crippen molar-refractivity contribution in [3.05, 3.63) is 27.8 Å². The predicted octanol–water partition coefficient (Wildman–Crippen LogP) is -1.95. The molecule has 7 nitrogen and oxygen atoms in total. The minimum absolute atomic E-state index is 0.0313. The summed E-state index contributed by atoms with van der Waals surface area (Å²) in [5.41, 5.74) is -0.312. The lowest BCUT2D eigenvalue weighted by Crippen LogP contribution is -3.16. The third-order valence-corrected chi connectivity index (χ3v) is 5.55. The molecule has 2 atom stereocenters. The van der Waals surface area contributed by atoms with E-state index in [1.807, 2.05) is 0 Å². The monoisotopic (exact) mass is 302 g/mol. The van der Waals surface area contributed by atoms with Crippen molar-refractivity contribution in [2.75, 3.05) is 18.2 Å². The van der Waals surface area contributed by atoms with Crippen LogP contribution in [0.4, 0.5) is 0 Å². The normalized spacial score (nSPS) is 27.9. The van der Waals surface area contributed by atoms with E-state index in [2.05, 4.69) is 0 Å². The number of ether oxygens (including phenoxy) is 1. The Morgan fingerprint density at radius 2 is 2.25 bits per heavy atom. The van der Waals surface area contributed by atoms with E-state index in [1.54, 1.807) is 0 Å². The summed E-state index contributed by atoms with van der Waals surface area (Å²) in [6.07, 6.45) is 0.598. The van der Waals surface area contributed by atoms with Gasteiger partial charge in [-0.1, -0.05) is 0 Å². The molecular formula is C12H16NO6S+. The number of hydrogen-bond donors (Lipinski definition) is 2. The molecule has 1 aromatic rings. The molecule has 0 spiro atoms. The Balaban J connectivity index is 1.85. The van der Waals surface area contributed by atoms with Gasteiger partial charge < -0.3 is 14.3 Å². The van der Waals surface area contributed by atoms with Gasteiger partial charge in [-0.3, -0.25) is 9.69 Å². The van der Waals surface area contributed by atoms with Crippen molar-refractivity contribution in [2.24, 2.45) is 0 Å². The lowest BCUT2D eigenvalue weighted by molar-refractivity contribution is -0.954. The molecule has 3 rings (SSSR count). The van der Waals surface area contributed by atoms with Crippen LogP contribution in [0.15, 0.2) is 15.3 Å². The lowest BCUT2D eigenvalue weighted by atomic mass is 10.2. The van der Waals surface area contributed by atoms with Gasteiger partial charge in [0.15, 0.2) is 9.84 Å². The number of nitrogens with one attached hydrogen (secondary N) is 1. The maximum Gasteiger partial charge on any atom is 0.227 e. The molecule has 2 N–H and O–H groups in total. The average Bonchev–Trinajstić information content (AvgIpc) is 2.78. The third-order valence-electron chi connectivity index (χ3n) is 3.78. The van der Waals surface area contributed by atoms with E-state index in [9.17, 15) is 13.2 Å². The van der Waals surface area contributed by atoms with Crippen LogP contribution in [0.2, 0.25) is 0 Å². The number of hydrogen-bond acceptors (Lipinski definition) is 6. The fourth-order valence-corrected chi connectivity index (χ4v) is 4.56. The van der Waals surface area contributed by atoms with Gasteiger partial charge in [0, 0.05) is 12.5 Å². The van der Waals surface area contributed by atoms with Crippen LogP contribution in [0.3, 0.4) is 0 Å². The summed E-state index contributed by atoms with van der Waals surface area (Å²) in [7, 11) is -2.95. The van der Waals surface area contributed by atoms with Crippen LogP contribution in [0, 0.1) is 0 Å². The molecule has 1 unspecified atom stereocenters. The van der Waals surface area contributed by atoms with Crippen molar-refractivity contribution in [1.82, 2.24) is 0 Å². The van der Waals surface area contributed by atoms with E-state index in [0.717, 1.165) is 4.90 Å². The quantitative estimate of drug-likeness (QED) is 0.659. The molecule has 3 heterocycles. The van der Waals surface area contributed by atoms with Gasteiger partial charge in [0.05, 0.1) is 5.75 Å². The standard InChI is InChI=1S/C12H15NO6S/c14-5-9-3-10(15)12-11(19-9)4-13(7-18-12)8-1-2-20(16,17)6-8/h3,8,14H,1-2,4-7H2/p+1/t8-/m0/s1. The van der Waals surface area contributed by atoms with Gasteiger partial charge >= 0.3 is 0 Å². The van der Waals surface area contributed by atoms with Crippen LogP contribution in [0.25, 0.3) is 0 Å². The molecule has 0 saturated carbocycles. The van der Waals surface area contributed by atoms with E-state index in [-0.39, 0.29) is 47.8 Å². The zero-order valence-electron chi connectivity index (χ0n) is 10.8. The summed E-state index contributed by atoms with van der Waals surface area (Å²) in [5.74, 6) is 1.09. The predicted molar refractivity (Wildman–Crippen MR) is 68.1 cm³/mol. The number of quaternary nitrogens is 1. The Labute approximate surface area is 115 Å². The molecule has 1 aromatic heterocycles. The number of rotatable bonds is 2. The molecule has 0 aliphatic carbocycles. The summed E-state index contributed by atoms with van der Waals surface area (Å²) in [5, 5.41) is 9.05. The Bertz CT molecular complexity index is 680. The maximum atomic E-state index is 11.8. The first-order valence-electron chi connectivity index (χ1n) is 6.43. The topological polar surface area (TPSA) is 98.2 Å². The minimum Gasteiger partial charge on any atom is -0.453 e. The van der Waals surface area contributed by atoms with Gasteiger partial charge in [0.2, 0.25) is 23.7 Å². The van der Waals surface area contributed by atoms with Crippen LogP contribution in [0.1, 0.15) is 17.9 Å². The molecular weight excluding hydrogens is 286 g/mol. The molecule has 0 bridgehead atoms. The highest BCUT2D eigenvalue weighted by atomic mass is 32.2. The van der Waals surface area contributed by atoms with E-state index in [0.29, 0.717) is 18.7 Å². The SMILES string of the molecule is O=c1cc(CO)oc2c1OC[NH+]([C@H]1CCS(=O)(=O)C1)C2. The van der Waals surface area contributed by atoms with Gasteiger partial charge in [0.25, 0.3) is 0 Å². The van der Waals surface area contributed by atoms with Crippen molar-refractivity contribution < 1.29 is 27.6 Å². The summed E-state index contributed by atoms with van der Waals surface area (Å²) in [4.78, 5) is 12.7. The molecule has 0 amide bonds. The summed E-state index contributed by atoms with van der Waals surface area (Å²) in [6.45, 7) is 0.310. The minimum atomic E-state index is -2.95. The first-order valence-corrected chi connectivity index (χ1v) is 8.25. The highest BCUT2D eigenvalue weighted by Gasteiger charge is 2.38. The molecule has 1 fully saturated rings. The van der Waals surface area contributed by atoms with Crippen molar-refractivity contribution >= 4 is 9.84 Å². The van der Waals surface area contributed by atoms with Gasteiger partial charge in [-0.2, -0.15) is 0 Å². The van der Waals surface area contributed by atoms with Gasteiger partial charge in [-0.25, -0.2) is 8.42 Å². The van der Waals surface area contributed by atoms with Crippen LogP contribution in [-0.4, -0.2) is 37.8 Å². The van der Waals surface area contributed by atoms with Crippen molar-refractivity contribution in [3.63, 3.8) is 0 Å². The molecule has 0 radical (unpaired) electrons. The Morgan fingerprint density at radius 3 is 2.90 bits per heavy atom. The third kappa shape index (κ3) is 2.46. The van der Waals surface area contributed by atoms with Crippen LogP contribution in [-0.2, 0) is 23.0 Å². The van der Waals surface area contributed by atoms with E-state index in [4.69, 9.17) is 14.3 Å². The second-order valence-electron chi connectivity index (χ2n) is 5.21. The lowest BCUT2D eigenvalue weighted by Gasteiger charge is -2.28. The van der Waals surface area contributed by atoms with Crippen LogP contribution < -0.4 is 15.1 Å². The number of fused-ring (bicyclic) bond motifs is 1. The summed E-state index contributed by atoms with van der Waals surface area (Å²) >= 11 is 0. The number of aliphatic hydroxyl groups excluding tert-OH is 1. The Kier molecular flexibility index (Phi) is 3.31. The van der Waals surface area contributed by atoms with E-state index >= 15 is 0 Å². The van der Waals surface area contributed by atoms with E-state index < -0.39 is 9.84 Å². The largest absolute Gasteiger partial charge is 0.453 e.